The van der Waals surface area contributed by atoms with Crippen LogP contribution in [-0.4, -0.2) is 16.5 Å². The van der Waals surface area contributed by atoms with Crippen LogP contribution in [0.25, 0.3) is 17.4 Å². The van der Waals surface area contributed by atoms with E-state index >= 15 is 0 Å². The van der Waals surface area contributed by atoms with Gasteiger partial charge in [-0.2, -0.15) is 10.1 Å². The molecule has 0 N–H and O–H groups in total. The second-order valence-electron chi connectivity index (χ2n) is 6.47. The van der Waals surface area contributed by atoms with Gasteiger partial charge >= 0.3 is 0 Å². The van der Waals surface area contributed by atoms with Gasteiger partial charge in [0.15, 0.2) is 0 Å². The summed E-state index contributed by atoms with van der Waals surface area (Å²) in [7, 11) is 0. The first kappa shape index (κ1) is 20.1. The third-order valence-corrected chi connectivity index (χ3v) is 5.36. The molecule has 0 saturated heterocycles. The number of nitro groups is 1. The molecule has 1 aliphatic rings. The first-order valence-electron chi connectivity index (χ1n) is 8.75. The molecule has 0 bridgehead atoms. The molecule has 0 unspecified atom stereocenters. The maximum Gasteiger partial charge on any atom is 0.284 e. The van der Waals surface area contributed by atoms with E-state index in [9.17, 15) is 14.9 Å². The molecule has 3 aromatic rings. The first-order chi connectivity index (χ1) is 14.3. The van der Waals surface area contributed by atoms with E-state index in [0.29, 0.717) is 43.6 Å². The average Bonchev–Trinajstić information content (AvgIpc) is 3.28. The molecule has 0 atom stereocenters. The topological polar surface area (TPSA) is 89.0 Å². The summed E-state index contributed by atoms with van der Waals surface area (Å²) in [6.07, 6.45) is 1.60. The van der Waals surface area contributed by atoms with Crippen LogP contribution in [0.1, 0.15) is 12.7 Å². The van der Waals surface area contributed by atoms with Gasteiger partial charge in [-0.3, -0.25) is 14.9 Å². The number of hydrogen-bond acceptors (Lipinski definition) is 5. The summed E-state index contributed by atoms with van der Waals surface area (Å²) in [5.41, 5.74) is 1.99. The second-order valence-corrected chi connectivity index (χ2v) is 7.76. The van der Waals surface area contributed by atoms with E-state index in [4.69, 9.17) is 16.0 Å². The Morgan fingerprint density at radius 2 is 2.00 bits per heavy atom. The Kier molecular flexibility index (Phi) is 5.27. The molecule has 1 amide bonds. The predicted molar refractivity (Wildman–Crippen MR) is 119 cm³/mol. The number of halogens is 2. The summed E-state index contributed by atoms with van der Waals surface area (Å²) in [6, 6.07) is 15.0. The van der Waals surface area contributed by atoms with Gasteiger partial charge in [0.2, 0.25) is 0 Å². The van der Waals surface area contributed by atoms with Crippen LogP contribution >= 0.6 is 27.5 Å². The number of rotatable bonds is 4. The first-order valence-corrected chi connectivity index (χ1v) is 9.92. The van der Waals surface area contributed by atoms with E-state index in [2.05, 4.69) is 21.0 Å². The smallest absolute Gasteiger partial charge is 0.284 e. The fraction of sp³-hybridized carbons (Fsp3) is 0.0476. The van der Waals surface area contributed by atoms with Crippen LogP contribution in [0.3, 0.4) is 0 Å². The average molecular weight is 487 g/mol. The standard InChI is InChI=1S/C21H13BrClN3O4/c1-12-17(21(27)25(24-12)15-4-2-3-14(23)10-15)11-16-6-8-20(30-16)13-5-7-18(22)19(9-13)26(28)29/h2-11H,1H3/b17-11-. The van der Waals surface area contributed by atoms with Gasteiger partial charge in [-0.05, 0) is 71.4 Å². The molecule has 2 heterocycles. The third-order valence-electron chi connectivity index (χ3n) is 4.46. The number of nitro benzene ring substituents is 1. The van der Waals surface area contributed by atoms with Crippen molar-refractivity contribution in [2.24, 2.45) is 5.10 Å². The number of nitrogens with zero attached hydrogens (tertiary/aromatic N) is 3. The van der Waals surface area contributed by atoms with Crippen molar-refractivity contribution >= 4 is 56.6 Å². The van der Waals surface area contributed by atoms with Gasteiger partial charge in [-0.15, -0.1) is 0 Å². The highest BCUT2D eigenvalue weighted by Gasteiger charge is 2.29. The molecule has 0 saturated carbocycles. The number of furan rings is 1. The Morgan fingerprint density at radius 3 is 2.73 bits per heavy atom. The van der Waals surface area contributed by atoms with Gasteiger partial charge in [0.05, 0.1) is 26.4 Å². The van der Waals surface area contributed by atoms with Crippen molar-refractivity contribution in [3.8, 4) is 11.3 Å². The summed E-state index contributed by atoms with van der Waals surface area (Å²) in [4.78, 5) is 23.5. The lowest BCUT2D eigenvalue weighted by Gasteiger charge is -2.11. The summed E-state index contributed by atoms with van der Waals surface area (Å²) in [5.74, 6) is 0.581. The third kappa shape index (κ3) is 3.79. The number of carbonyl (C=O) groups excluding carboxylic acids is 1. The molecule has 30 heavy (non-hydrogen) atoms. The maximum atomic E-state index is 12.8. The number of amides is 1. The highest BCUT2D eigenvalue weighted by Crippen LogP contribution is 2.32. The number of hydrazone groups is 1. The summed E-state index contributed by atoms with van der Waals surface area (Å²) in [5, 5.41) is 17.3. The molecule has 2 aromatic carbocycles. The fourth-order valence-electron chi connectivity index (χ4n) is 3.00. The molecule has 1 aromatic heterocycles. The van der Waals surface area contributed by atoms with Gasteiger partial charge in [-0.1, -0.05) is 17.7 Å². The SMILES string of the molecule is CC1=NN(c2cccc(Cl)c2)C(=O)/C1=C\c1ccc(-c2ccc(Br)c([N+](=O)[O-])c2)o1. The highest BCUT2D eigenvalue weighted by atomic mass is 79.9. The molecular weight excluding hydrogens is 474 g/mol. The highest BCUT2D eigenvalue weighted by molar-refractivity contribution is 9.10. The second kappa shape index (κ2) is 7.89. The Labute approximate surface area is 184 Å². The van der Waals surface area contributed by atoms with Crippen LogP contribution < -0.4 is 5.01 Å². The summed E-state index contributed by atoms with van der Waals surface area (Å²) in [6.45, 7) is 1.73. The van der Waals surface area contributed by atoms with Crippen molar-refractivity contribution < 1.29 is 14.1 Å². The summed E-state index contributed by atoms with van der Waals surface area (Å²) < 4.78 is 6.19. The number of hydrogen-bond donors (Lipinski definition) is 0. The van der Waals surface area contributed by atoms with E-state index in [1.54, 1.807) is 61.5 Å². The Balaban J connectivity index is 1.63. The van der Waals surface area contributed by atoms with E-state index in [1.165, 1.54) is 11.1 Å². The molecule has 0 aliphatic carbocycles. The van der Waals surface area contributed by atoms with Crippen molar-refractivity contribution in [1.29, 1.82) is 0 Å². The van der Waals surface area contributed by atoms with Crippen LogP contribution in [-0.2, 0) is 4.79 Å². The molecule has 0 spiro atoms. The van der Waals surface area contributed by atoms with Gasteiger partial charge < -0.3 is 4.42 Å². The normalized spacial score (nSPS) is 15.0. The van der Waals surface area contributed by atoms with Crippen molar-refractivity contribution in [2.45, 2.75) is 6.92 Å². The predicted octanol–water partition coefficient (Wildman–Crippen LogP) is 6.08. The number of anilines is 1. The van der Waals surface area contributed by atoms with Crippen molar-refractivity contribution in [2.75, 3.05) is 5.01 Å². The maximum absolute atomic E-state index is 12.8. The Hall–Kier alpha value is -3.23. The van der Waals surface area contributed by atoms with E-state index in [0.717, 1.165) is 0 Å². The van der Waals surface area contributed by atoms with Crippen LogP contribution in [0, 0.1) is 10.1 Å². The molecule has 150 valence electrons. The summed E-state index contributed by atoms with van der Waals surface area (Å²) >= 11 is 9.18. The van der Waals surface area contributed by atoms with Crippen molar-refractivity contribution in [3.63, 3.8) is 0 Å². The molecule has 0 radical (unpaired) electrons. The van der Waals surface area contributed by atoms with E-state index in [1.807, 2.05) is 0 Å². The minimum atomic E-state index is -0.471. The quantitative estimate of drug-likeness (QED) is 0.254. The van der Waals surface area contributed by atoms with Crippen LogP contribution in [0.15, 0.2) is 74.2 Å². The zero-order valence-electron chi connectivity index (χ0n) is 15.5. The van der Waals surface area contributed by atoms with Crippen LogP contribution in [0.5, 0.6) is 0 Å². The molecule has 9 heteroatoms. The molecule has 4 rings (SSSR count). The lowest BCUT2D eigenvalue weighted by molar-refractivity contribution is -0.385. The van der Waals surface area contributed by atoms with Gasteiger partial charge in [0, 0.05) is 16.7 Å². The minimum absolute atomic E-state index is 0.0603. The van der Waals surface area contributed by atoms with Crippen LogP contribution in [0.2, 0.25) is 5.02 Å². The number of carbonyl (C=O) groups is 1. The van der Waals surface area contributed by atoms with E-state index < -0.39 is 4.92 Å². The van der Waals surface area contributed by atoms with E-state index in [-0.39, 0.29) is 11.6 Å². The molecule has 1 aliphatic heterocycles. The molecular formula is C21H13BrClN3O4. The van der Waals surface area contributed by atoms with Crippen molar-refractivity contribution in [3.05, 3.63) is 85.5 Å². The monoisotopic (exact) mass is 485 g/mol. The number of benzene rings is 2. The van der Waals surface area contributed by atoms with Gasteiger partial charge in [-0.25, -0.2) is 0 Å². The lowest BCUT2D eigenvalue weighted by atomic mass is 10.1. The lowest BCUT2D eigenvalue weighted by Crippen LogP contribution is -2.21. The fourth-order valence-corrected chi connectivity index (χ4v) is 3.58. The van der Waals surface area contributed by atoms with Gasteiger partial charge in [0.25, 0.3) is 11.6 Å². The zero-order valence-corrected chi connectivity index (χ0v) is 17.8. The van der Waals surface area contributed by atoms with Crippen LogP contribution in [0.4, 0.5) is 11.4 Å². The minimum Gasteiger partial charge on any atom is -0.457 e. The Morgan fingerprint density at radius 1 is 1.20 bits per heavy atom. The van der Waals surface area contributed by atoms with Gasteiger partial charge in [0.1, 0.15) is 11.5 Å². The zero-order chi connectivity index (χ0) is 21.4. The Bertz CT molecular complexity index is 1250. The van der Waals surface area contributed by atoms with Crippen molar-refractivity contribution in [1.82, 2.24) is 0 Å². The molecule has 0 fully saturated rings. The largest absolute Gasteiger partial charge is 0.457 e. The molecule has 7 nitrogen and oxygen atoms in total.